The molecule has 3 rings (SSSR count). The quantitative estimate of drug-likeness (QED) is 0.522. The van der Waals surface area contributed by atoms with Gasteiger partial charge < -0.3 is 20.3 Å². The van der Waals surface area contributed by atoms with Gasteiger partial charge in [-0.2, -0.15) is 14.4 Å². The molecule has 1 aliphatic rings. The molecule has 0 aliphatic carbocycles. The highest BCUT2D eigenvalue weighted by Gasteiger charge is 2.50. The minimum atomic E-state index is -1.82. The summed E-state index contributed by atoms with van der Waals surface area (Å²) in [5.74, 6) is 2.11. The number of aromatic nitrogens is 4. The minimum Gasteiger partial charge on any atom is -0.447 e. The van der Waals surface area contributed by atoms with Crippen molar-refractivity contribution in [1.82, 2.24) is 24.8 Å². The number of nitrogens with one attached hydrogen (secondary N) is 1. The molecule has 0 radical (unpaired) electrons. The summed E-state index contributed by atoms with van der Waals surface area (Å²) >= 11 is 0. The molecule has 3 heterocycles. The van der Waals surface area contributed by atoms with Crippen LogP contribution in [0.15, 0.2) is 6.33 Å². The van der Waals surface area contributed by atoms with Gasteiger partial charge in [0.05, 0.1) is 12.4 Å². The van der Waals surface area contributed by atoms with Gasteiger partial charge in [-0.25, -0.2) is 9.78 Å². The average Bonchev–Trinajstić information content (AvgIpc) is 3.08. The number of nitrogen functional groups attached to an aromatic ring is 1. The summed E-state index contributed by atoms with van der Waals surface area (Å²) in [6.07, 6.45) is 2.39. The average molecular weight is 364 g/mol. The number of alkyl carbamates (subject to hydrolysis) is 1. The first-order valence-electron chi connectivity index (χ1n) is 7.73. The Balaban J connectivity index is 1.91. The first-order chi connectivity index (χ1) is 12.3. The summed E-state index contributed by atoms with van der Waals surface area (Å²) in [4.78, 5) is 23.0. The summed E-state index contributed by atoms with van der Waals surface area (Å²) < 4.78 is 25.5. The molecule has 2 aromatic rings. The molecule has 0 saturated carbocycles. The van der Waals surface area contributed by atoms with E-state index in [1.807, 2.05) is 0 Å². The Morgan fingerprint density at radius 1 is 1.65 bits per heavy atom. The Bertz CT molecular complexity index is 894. The predicted molar refractivity (Wildman–Crippen MR) is 86.8 cm³/mol. The van der Waals surface area contributed by atoms with Crippen LogP contribution in [-0.4, -0.2) is 48.7 Å². The third-order valence-electron chi connectivity index (χ3n) is 3.79. The number of aliphatic hydroxyl groups excluding tert-OH is 1. The lowest BCUT2D eigenvalue weighted by Crippen LogP contribution is -2.54. The number of hydrogen-bond donors (Lipinski definition) is 3. The minimum absolute atomic E-state index is 0.0108. The monoisotopic (exact) mass is 364 g/mol. The van der Waals surface area contributed by atoms with Crippen LogP contribution in [0.4, 0.5) is 15.0 Å². The second kappa shape index (κ2) is 6.40. The van der Waals surface area contributed by atoms with Gasteiger partial charge in [-0.15, -0.1) is 6.42 Å². The number of ether oxygens (including phenoxy) is 2. The van der Waals surface area contributed by atoms with Crippen molar-refractivity contribution in [3.8, 4) is 12.3 Å². The van der Waals surface area contributed by atoms with E-state index in [9.17, 15) is 14.3 Å². The molecular weight excluding hydrogens is 347 g/mol. The van der Waals surface area contributed by atoms with Crippen LogP contribution in [0.25, 0.3) is 11.2 Å². The van der Waals surface area contributed by atoms with Crippen molar-refractivity contribution < 1.29 is 23.8 Å². The number of anilines is 1. The normalized spacial score (nSPS) is 25.4. The van der Waals surface area contributed by atoms with Crippen molar-refractivity contribution in [3.63, 3.8) is 0 Å². The first kappa shape index (κ1) is 17.8. The van der Waals surface area contributed by atoms with E-state index in [0.717, 1.165) is 0 Å². The van der Waals surface area contributed by atoms with E-state index >= 15 is 0 Å². The molecule has 2 aromatic heterocycles. The van der Waals surface area contributed by atoms with Gasteiger partial charge in [0.25, 0.3) is 0 Å². The van der Waals surface area contributed by atoms with Gasteiger partial charge in [0.2, 0.25) is 5.72 Å². The van der Waals surface area contributed by atoms with Gasteiger partial charge in [0.15, 0.2) is 17.0 Å². The number of carbonyl (C=O) groups excluding carboxylic acids is 1. The Morgan fingerprint density at radius 3 is 3.04 bits per heavy atom. The van der Waals surface area contributed by atoms with E-state index in [2.05, 4.69) is 26.2 Å². The van der Waals surface area contributed by atoms with Crippen LogP contribution >= 0.6 is 0 Å². The number of aliphatic hydroxyl groups is 1. The smallest absolute Gasteiger partial charge is 0.410 e. The number of fused-ring (bicyclic) bond motifs is 1. The molecular formula is C15H17FN6O4. The van der Waals surface area contributed by atoms with Crippen molar-refractivity contribution in [2.24, 2.45) is 0 Å². The van der Waals surface area contributed by atoms with Crippen molar-refractivity contribution >= 4 is 23.1 Å². The summed E-state index contributed by atoms with van der Waals surface area (Å²) in [7, 11) is 0. The fourth-order valence-corrected chi connectivity index (χ4v) is 2.66. The number of imidazole rings is 1. The van der Waals surface area contributed by atoms with Crippen LogP contribution in [-0.2, 0) is 9.47 Å². The van der Waals surface area contributed by atoms with E-state index < -0.39 is 30.2 Å². The van der Waals surface area contributed by atoms with Gasteiger partial charge in [0, 0.05) is 6.42 Å². The van der Waals surface area contributed by atoms with Gasteiger partial charge in [0.1, 0.15) is 12.3 Å². The van der Waals surface area contributed by atoms with Crippen LogP contribution in [0, 0.1) is 18.4 Å². The molecule has 4 N–H and O–H groups in total. The number of hydrogen-bond acceptors (Lipinski definition) is 8. The molecule has 0 aromatic carbocycles. The number of amides is 1. The van der Waals surface area contributed by atoms with Crippen molar-refractivity contribution in [1.29, 1.82) is 0 Å². The molecule has 1 aliphatic heterocycles. The molecule has 26 heavy (non-hydrogen) atoms. The van der Waals surface area contributed by atoms with Crippen molar-refractivity contribution in [2.75, 3.05) is 5.73 Å². The van der Waals surface area contributed by atoms with Crippen LogP contribution in [0.1, 0.15) is 26.5 Å². The van der Waals surface area contributed by atoms with Crippen LogP contribution < -0.4 is 11.1 Å². The Labute approximate surface area is 147 Å². The maximum absolute atomic E-state index is 13.5. The fourth-order valence-electron chi connectivity index (χ4n) is 2.66. The zero-order chi connectivity index (χ0) is 19.1. The number of carbonyl (C=O) groups is 1. The molecule has 11 heteroatoms. The topological polar surface area (TPSA) is 137 Å². The van der Waals surface area contributed by atoms with Crippen molar-refractivity contribution in [2.45, 2.75) is 44.4 Å². The molecule has 3 atom stereocenters. The molecule has 1 fully saturated rings. The highest BCUT2D eigenvalue weighted by atomic mass is 19.1. The summed E-state index contributed by atoms with van der Waals surface area (Å²) in [5, 5.41) is 12.7. The van der Waals surface area contributed by atoms with E-state index in [-0.39, 0.29) is 29.5 Å². The molecule has 138 valence electrons. The number of nitrogens with zero attached hydrogens (tertiary/aromatic N) is 4. The second-order valence-corrected chi connectivity index (χ2v) is 5.98. The van der Waals surface area contributed by atoms with Gasteiger partial charge in [-0.05, 0) is 19.8 Å². The highest BCUT2D eigenvalue weighted by Crippen LogP contribution is 2.36. The third-order valence-corrected chi connectivity index (χ3v) is 3.79. The summed E-state index contributed by atoms with van der Waals surface area (Å²) in [6.45, 7) is 3.32. The molecule has 0 bridgehead atoms. The Kier molecular flexibility index (Phi) is 4.39. The number of rotatable bonds is 3. The Hall–Kier alpha value is -2.97. The van der Waals surface area contributed by atoms with Gasteiger partial charge in [-0.1, -0.05) is 0 Å². The number of halogens is 1. The van der Waals surface area contributed by atoms with Gasteiger partial charge in [-0.3, -0.25) is 9.88 Å². The maximum Gasteiger partial charge on any atom is 0.410 e. The molecule has 1 saturated heterocycles. The zero-order valence-electron chi connectivity index (χ0n) is 14.0. The van der Waals surface area contributed by atoms with Crippen LogP contribution in [0.3, 0.4) is 0 Å². The lowest BCUT2D eigenvalue weighted by atomic mass is 10.1. The Morgan fingerprint density at radius 2 is 2.38 bits per heavy atom. The zero-order valence-corrected chi connectivity index (χ0v) is 14.0. The number of terminal acetylenes is 1. The standard InChI is InChI=1S/C15H17FN6O4/c1-4-15(21-14(24)25-7(2)3)8(23)5-9(26-15)22-6-18-10-11(17)19-13(16)20-12(10)22/h1,6-9,23H,5H2,2-3H3,(H,21,24)(H2,17,19,20)/t8-,9+,15+/m0/s1. The fraction of sp³-hybridized carbons (Fsp3) is 0.467. The van der Waals surface area contributed by atoms with Gasteiger partial charge >= 0.3 is 12.2 Å². The van der Waals surface area contributed by atoms with E-state index in [1.54, 1.807) is 13.8 Å². The lowest BCUT2D eigenvalue weighted by molar-refractivity contribution is -0.0811. The predicted octanol–water partition coefficient (Wildman–Crippen LogP) is 0.291. The summed E-state index contributed by atoms with van der Waals surface area (Å²) in [6, 6.07) is 0. The maximum atomic E-state index is 13.5. The highest BCUT2D eigenvalue weighted by molar-refractivity contribution is 5.81. The largest absolute Gasteiger partial charge is 0.447 e. The molecule has 1 amide bonds. The van der Waals surface area contributed by atoms with E-state index in [0.29, 0.717) is 0 Å². The third kappa shape index (κ3) is 3.00. The van der Waals surface area contributed by atoms with Crippen LogP contribution in [0.5, 0.6) is 0 Å². The summed E-state index contributed by atoms with van der Waals surface area (Å²) in [5.41, 5.74) is 4.06. The first-order valence-corrected chi connectivity index (χ1v) is 7.73. The lowest BCUT2D eigenvalue weighted by Gasteiger charge is -2.27. The molecule has 0 spiro atoms. The van der Waals surface area contributed by atoms with E-state index in [1.165, 1.54) is 10.9 Å². The second-order valence-electron chi connectivity index (χ2n) is 5.98. The SMILES string of the molecule is C#C[C@@]1(NC(=O)OC(C)C)O[C@@H](n2cnc3c(N)nc(F)nc32)C[C@@H]1O. The van der Waals surface area contributed by atoms with Crippen molar-refractivity contribution in [3.05, 3.63) is 12.4 Å². The van der Waals surface area contributed by atoms with E-state index in [4.69, 9.17) is 21.6 Å². The molecule has 0 unspecified atom stereocenters. The van der Waals surface area contributed by atoms with Crippen LogP contribution in [0.2, 0.25) is 0 Å². The molecule has 10 nitrogen and oxygen atoms in total. The number of nitrogens with two attached hydrogens (primary N) is 1.